The molecule has 0 bridgehead atoms. The lowest BCUT2D eigenvalue weighted by Gasteiger charge is -2.28. The van der Waals surface area contributed by atoms with Gasteiger partial charge in [-0.05, 0) is 56.1 Å². The highest BCUT2D eigenvalue weighted by Crippen LogP contribution is 2.38. The van der Waals surface area contributed by atoms with Crippen LogP contribution in [0.3, 0.4) is 0 Å². The maximum Gasteiger partial charge on any atom is 0.309 e. The van der Waals surface area contributed by atoms with Crippen LogP contribution in [0.4, 0.5) is 4.39 Å². The Morgan fingerprint density at radius 2 is 1.97 bits per heavy atom. The van der Waals surface area contributed by atoms with E-state index in [2.05, 4.69) is 23.7 Å². The molecular weight excluding hydrogens is 489 g/mol. The number of carboxylic acids is 1. The summed E-state index contributed by atoms with van der Waals surface area (Å²) in [6, 6.07) is 10.6. The van der Waals surface area contributed by atoms with Crippen LogP contribution in [-0.4, -0.2) is 51.2 Å². The van der Waals surface area contributed by atoms with Crippen molar-refractivity contribution in [2.24, 2.45) is 5.92 Å². The maximum atomic E-state index is 14.9. The first-order valence-corrected chi connectivity index (χ1v) is 12.9. The van der Waals surface area contributed by atoms with Gasteiger partial charge in [0.15, 0.2) is 0 Å². The van der Waals surface area contributed by atoms with Crippen molar-refractivity contribution in [3.63, 3.8) is 0 Å². The lowest BCUT2D eigenvalue weighted by Crippen LogP contribution is -2.24. The van der Waals surface area contributed by atoms with Crippen LogP contribution in [-0.2, 0) is 17.8 Å². The van der Waals surface area contributed by atoms with E-state index in [1.165, 1.54) is 14.0 Å². The number of hydrogen-bond acceptors (Lipinski definition) is 7. The number of benzene rings is 1. The van der Waals surface area contributed by atoms with E-state index in [9.17, 15) is 19.4 Å². The highest BCUT2D eigenvalue weighted by molar-refractivity contribution is 5.70. The van der Waals surface area contributed by atoms with E-state index in [1.807, 2.05) is 18.2 Å². The van der Waals surface area contributed by atoms with E-state index in [4.69, 9.17) is 14.5 Å². The van der Waals surface area contributed by atoms with Gasteiger partial charge in [0.2, 0.25) is 5.88 Å². The Kier molecular flexibility index (Phi) is 8.58. The second kappa shape index (κ2) is 11.9. The molecule has 3 heterocycles. The Bertz CT molecular complexity index is 1300. The minimum Gasteiger partial charge on any atom is -0.484 e. The summed E-state index contributed by atoms with van der Waals surface area (Å²) in [5.74, 6) is -1.54. The summed E-state index contributed by atoms with van der Waals surface area (Å²) >= 11 is 0. The van der Waals surface area contributed by atoms with Crippen LogP contribution >= 0.6 is 0 Å². The monoisotopic (exact) mass is 523 g/mol. The van der Waals surface area contributed by atoms with Gasteiger partial charge in [0, 0.05) is 23.7 Å². The Hall–Kier alpha value is -3.56. The molecule has 0 spiro atoms. The number of methoxy groups -OCH3 is 1. The van der Waals surface area contributed by atoms with E-state index in [1.54, 1.807) is 18.2 Å². The lowest BCUT2D eigenvalue weighted by atomic mass is 9.93. The zero-order valence-electron chi connectivity index (χ0n) is 22.1. The molecule has 0 saturated heterocycles. The number of carboxylic acid groups (broad SMARTS) is 1. The quantitative estimate of drug-likeness (QED) is 0.385. The number of pyridine rings is 2. The van der Waals surface area contributed by atoms with Crippen LogP contribution in [0, 0.1) is 11.7 Å². The molecule has 3 aromatic rings. The molecule has 2 N–H and O–H groups in total. The molecule has 1 aliphatic rings. The van der Waals surface area contributed by atoms with Gasteiger partial charge in [0.25, 0.3) is 0 Å². The Labute approximate surface area is 222 Å². The minimum absolute atomic E-state index is 0.321. The molecule has 0 fully saturated rings. The van der Waals surface area contributed by atoms with Crippen LogP contribution in [0.5, 0.6) is 11.6 Å². The summed E-state index contributed by atoms with van der Waals surface area (Å²) < 4.78 is 26.4. The van der Waals surface area contributed by atoms with Crippen molar-refractivity contribution in [2.75, 3.05) is 20.2 Å². The van der Waals surface area contributed by atoms with Crippen LogP contribution in [0.1, 0.15) is 61.9 Å². The Morgan fingerprint density at radius 1 is 1.21 bits per heavy atom. The molecule has 4 rings (SSSR count). The molecule has 8 nitrogen and oxygen atoms in total. The molecule has 0 amide bonds. The Morgan fingerprint density at radius 3 is 2.66 bits per heavy atom. The largest absolute Gasteiger partial charge is 0.484 e. The number of aliphatic hydroxyl groups excluding tert-OH is 1. The van der Waals surface area contributed by atoms with Crippen molar-refractivity contribution in [2.45, 2.75) is 52.4 Å². The average molecular weight is 524 g/mol. The van der Waals surface area contributed by atoms with E-state index < -0.39 is 23.8 Å². The third-order valence-corrected chi connectivity index (χ3v) is 7.16. The van der Waals surface area contributed by atoms with Gasteiger partial charge in [-0.1, -0.05) is 32.0 Å². The molecule has 3 atom stereocenters. The summed E-state index contributed by atoms with van der Waals surface area (Å²) in [6.07, 6.45) is 1.12. The van der Waals surface area contributed by atoms with Crippen molar-refractivity contribution < 1.29 is 28.9 Å². The number of aliphatic carboxylic acids is 1. The fourth-order valence-corrected chi connectivity index (χ4v) is 4.66. The van der Waals surface area contributed by atoms with Gasteiger partial charge < -0.3 is 19.7 Å². The van der Waals surface area contributed by atoms with Gasteiger partial charge >= 0.3 is 5.97 Å². The molecule has 202 valence electrons. The van der Waals surface area contributed by atoms with E-state index >= 15 is 0 Å². The van der Waals surface area contributed by atoms with E-state index in [0.29, 0.717) is 41.3 Å². The van der Waals surface area contributed by atoms with Crippen LogP contribution in [0.25, 0.3) is 11.1 Å². The van der Waals surface area contributed by atoms with Gasteiger partial charge in [-0.3, -0.25) is 14.7 Å². The summed E-state index contributed by atoms with van der Waals surface area (Å²) in [7, 11) is 1.49. The maximum absolute atomic E-state index is 14.9. The predicted molar refractivity (Wildman–Crippen MR) is 140 cm³/mol. The average Bonchev–Trinajstić information content (AvgIpc) is 2.94. The standard InChI is InChI=1S/C29H34FN3O5/c1-5-33(6-2)16-24-20(21-14-27(37-4)31-15-22(21)30)10-11-23(32-24)25-12-9-18-7-8-19(13-26(18)38-25)28(34)17(3)29(35)36/h7-8,10-11,13-15,17,25,28,34H,5-6,9,12,16H2,1-4H3,(H,35,36)/t17-,25?,28+/m0/s1. The minimum atomic E-state index is -1.15. The molecule has 1 aliphatic heterocycles. The number of rotatable bonds is 10. The molecule has 38 heavy (non-hydrogen) atoms. The van der Waals surface area contributed by atoms with Crippen molar-refractivity contribution >= 4 is 5.97 Å². The number of halogens is 1. The molecule has 1 unspecified atom stereocenters. The van der Waals surface area contributed by atoms with Crippen LogP contribution in [0.2, 0.25) is 0 Å². The number of ether oxygens (including phenoxy) is 2. The fraction of sp³-hybridized carbons (Fsp3) is 0.414. The zero-order valence-corrected chi connectivity index (χ0v) is 22.1. The number of aryl methyl sites for hydroxylation is 1. The molecule has 0 radical (unpaired) electrons. The molecule has 0 aliphatic carbocycles. The SMILES string of the molecule is CCN(CC)Cc1nc(C2CCc3ccc([C@H](O)[C@H](C)C(=O)O)cc3O2)ccc1-c1cc(OC)ncc1F. The second-order valence-corrected chi connectivity index (χ2v) is 9.48. The summed E-state index contributed by atoms with van der Waals surface area (Å²) in [4.78, 5) is 22.5. The predicted octanol–water partition coefficient (Wildman–Crippen LogP) is 4.95. The van der Waals surface area contributed by atoms with Crippen LogP contribution in [0.15, 0.2) is 42.6 Å². The van der Waals surface area contributed by atoms with Gasteiger partial charge in [0.05, 0.1) is 36.7 Å². The van der Waals surface area contributed by atoms with Crippen molar-refractivity contribution in [1.82, 2.24) is 14.9 Å². The van der Waals surface area contributed by atoms with E-state index in [-0.39, 0.29) is 6.10 Å². The second-order valence-electron chi connectivity index (χ2n) is 9.48. The molecule has 9 heteroatoms. The molecule has 1 aromatic carbocycles. The highest BCUT2D eigenvalue weighted by atomic mass is 19.1. The molecule has 2 aromatic heterocycles. The van der Waals surface area contributed by atoms with Crippen molar-refractivity contribution in [3.8, 4) is 22.8 Å². The van der Waals surface area contributed by atoms with Gasteiger partial charge in [-0.2, -0.15) is 0 Å². The number of aliphatic hydroxyl groups is 1. The normalized spacial score (nSPS) is 16.4. The molecular formula is C29H34FN3O5. The van der Waals surface area contributed by atoms with Crippen molar-refractivity contribution in [3.05, 3.63) is 70.9 Å². The summed E-state index contributed by atoms with van der Waals surface area (Å²) in [6.45, 7) is 7.78. The smallest absolute Gasteiger partial charge is 0.309 e. The zero-order chi connectivity index (χ0) is 27.4. The van der Waals surface area contributed by atoms with E-state index in [0.717, 1.165) is 42.7 Å². The van der Waals surface area contributed by atoms with Gasteiger partial charge in [-0.15, -0.1) is 0 Å². The Balaban J connectivity index is 1.68. The number of carbonyl (C=O) groups is 1. The first-order valence-electron chi connectivity index (χ1n) is 12.9. The lowest BCUT2D eigenvalue weighted by molar-refractivity contribution is -0.145. The van der Waals surface area contributed by atoms with Crippen molar-refractivity contribution in [1.29, 1.82) is 0 Å². The fourth-order valence-electron chi connectivity index (χ4n) is 4.66. The van der Waals surface area contributed by atoms with Gasteiger partial charge in [0.1, 0.15) is 17.7 Å². The first kappa shape index (κ1) is 27.5. The third kappa shape index (κ3) is 5.79. The topological polar surface area (TPSA) is 105 Å². The van der Waals surface area contributed by atoms with Gasteiger partial charge in [-0.25, -0.2) is 9.37 Å². The number of fused-ring (bicyclic) bond motifs is 1. The highest BCUT2D eigenvalue weighted by Gasteiger charge is 2.28. The summed E-state index contributed by atoms with van der Waals surface area (Å²) in [5.41, 5.74) is 3.99. The number of aromatic nitrogens is 2. The number of hydrogen-bond donors (Lipinski definition) is 2. The first-order chi connectivity index (χ1) is 18.2. The summed E-state index contributed by atoms with van der Waals surface area (Å²) in [5, 5.41) is 19.8. The third-order valence-electron chi connectivity index (χ3n) is 7.16. The van der Waals surface area contributed by atoms with Crippen LogP contribution < -0.4 is 9.47 Å². The molecule has 0 saturated carbocycles. The number of nitrogens with zero attached hydrogens (tertiary/aromatic N) is 3.